The summed E-state index contributed by atoms with van der Waals surface area (Å²) in [6, 6.07) is 7.83. The molecular weight excluding hydrogens is 264 g/mol. The zero-order chi connectivity index (χ0) is 15.0. The van der Waals surface area contributed by atoms with Crippen molar-refractivity contribution in [3.05, 3.63) is 63.4 Å². The number of hydrogen-bond acceptors (Lipinski definition) is 2. The Kier molecular flexibility index (Phi) is 3.07. The summed E-state index contributed by atoms with van der Waals surface area (Å²) in [6.45, 7) is 11.1. The SMILES string of the molecule is [C-]#[N+]c1c[nH]n2c(=O)c(CC)c(-c3ccccc3C)nc12. The summed E-state index contributed by atoms with van der Waals surface area (Å²) in [6.07, 6.45) is 2.10. The molecule has 1 N–H and O–H groups in total. The van der Waals surface area contributed by atoms with Crippen molar-refractivity contribution >= 4 is 11.3 Å². The van der Waals surface area contributed by atoms with E-state index in [0.717, 1.165) is 11.1 Å². The molecule has 0 radical (unpaired) electrons. The van der Waals surface area contributed by atoms with E-state index in [2.05, 4.69) is 14.9 Å². The average Bonchev–Trinajstić information content (AvgIpc) is 2.91. The lowest BCUT2D eigenvalue weighted by Gasteiger charge is -2.10. The van der Waals surface area contributed by atoms with Crippen molar-refractivity contribution in [1.29, 1.82) is 0 Å². The molecule has 0 aliphatic rings. The Bertz CT molecular complexity index is 928. The van der Waals surface area contributed by atoms with E-state index >= 15 is 0 Å². The van der Waals surface area contributed by atoms with Gasteiger partial charge in [0, 0.05) is 17.3 Å². The van der Waals surface area contributed by atoms with E-state index in [1.165, 1.54) is 10.7 Å². The van der Waals surface area contributed by atoms with Gasteiger partial charge in [-0.3, -0.25) is 4.79 Å². The minimum atomic E-state index is -0.143. The fraction of sp³-hybridized carbons (Fsp3) is 0.188. The predicted molar refractivity (Wildman–Crippen MR) is 81.6 cm³/mol. The predicted octanol–water partition coefficient (Wildman–Crippen LogP) is 3.11. The Hall–Kier alpha value is -2.87. The molecule has 3 rings (SSSR count). The Morgan fingerprint density at radius 3 is 2.81 bits per heavy atom. The molecule has 104 valence electrons. The zero-order valence-corrected chi connectivity index (χ0v) is 11.8. The van der Waals surface area contributed by atoms with Gasteiger partial charge in [-0.2, -0.15) is 0 Å². The highest BCUT2D eigenvalue weighted by atomic mass is 16.1. The summed E-state index contributed by atoms with van der Waals surface area (Å²) in [7, 11) is 0. The van der Waals surface area contributed by atoms with Crippen LogP contribution in [-0.4, -0.2) is 14.6 Å². The number of nitrogens with zero attached hydrogens (tertiary/aromatic N) is 3. The first-order valence-electron chi connectivity index (χ1n) is 6.73. The molecule has 1 aromatic carbocycles. The lowest BCUT2D eigenvalue weighted by molar-refractivity contribution is 0.870. The summed E-state index contributed by atoms with van der Waals surface area (Å²) in [5.41, 5.74) is 3.91. The van der Waals surface area contributed by atoms with Gasteiger partial charge in [0.2, 0.25) is 5.69 Å². The third kappa shape index (κ3) is 1.93. The lowest BCUT2D eigenvalue weighted by Crippen LogP contribution is -2.21. The van der Waals surface area contributed by atoms with Crippen LogP contribution in [0.15, 0.2) is 35.3 Å². The van der Waals surface area contributed by atoms with Crippen molar-refractivity contribution in [2.45, 2.75) is 20.3 Å². The zero-order valence-electron chi connectivity index (χ0n) is 11.8. The first-order valence-corrected chi connectivity index (χ1v) is 6.73. The second-order valence-electron chi connectivity index (χ2n) is 4.84. The number of hydrogen-bond donors (Lipinski definition) is 1. The maximum Gasteiger partial charge on any atom is 0.275 e. The molecule has 0 aliphatic carbocycles. The van der Waals surface area contributed by atoms with E-state index in [4.69, 9.17) is 6.57 Å². The standard InChI is InChI=1S/C16H14N4O/c1-4-11-14(12-8-6-5-7-10(12)2)19-15-13(17-3)9-18-20(15)16(11)21/h5-9,18H,4H2,1-2H3. The molecule has 3 aromatic rings. The van der Waals surface area contributed by atoms with Crippen molar-refractivity contribution in [3.63, 3.8) is 0 Å². The Labute approximate surface area is 121 Å². The molecule has 0 saturated heterocycles. The molecule has 2 aromatic heterocycles. The number of H-pyrrole nitrogens is 1. The third-order valence-electron chi connectivity index (χ3n) is 3.61. The number of aryl methyl sites for hydroxylation is 1. The van der Waals surface area contributed by atoms with Gasteiger partial charge in [-0.05, 0) is 18.9 Å². The highest BCUT2D eigenvalue weighted by molar-refractivity contribution is 5.74. The van der Waals surface area contributed by atoms with Crippen molar-refractivity contribution in [3.8, 4) is 11.3 Å². The average molecular weight is 278 g/mol. The first-order chi connectivity index (χ1) is 10.2. The molecule has 0 saturated carbocycles. The van der Waals surface area contributed by atoms with Crippen LogP contribution < -0.4 is 5.56 Å². The van der Waals surface area contributed by atoms with Crippen LogP contribution in [0.1, 0.15) is 18.1 Å². The van der Waals surface area contributed by atoms with E-state index in [9.17, 15) is 4.79 Å². The highest BCUT2D eigenvalue weighted by Crippen LogP contribution is 2.26. The number of aromatic nitrogens is 3. The highest BCUT2D eigenvalue weighted by Gasteiger charge is 2.17. The summed E-state index contributed by atoms with van der Waals surface area (Å²) < 4.78 is 1.34. The van der Waals surface area contributed by atoms with Gasteiger partial charge in [-0.25, -0.2) is 14.3 Å². The number of fused-ring (bicyclic) bond motifs is 1. The molecule has 2 heterocycles. The fourth-order valence-electron chi connectivity index (χ4n) is 2.50. The van der Waals surface area contributed by atoms with E-state index in [1.807, 2.05) is 38.1 Å². The second-order valence-corrected chi connectivity index (χ2v) is 4.84. The van der Waals surface area contributed by atoms with Gasteiger partial charge in [0.05, 0.1) is 12.3 Å². The largest absolute Gasteiger partial charge is 0.308 e. The van der Waals surface area contributed by atoms with E-state index in [-0.39, 0.29) is 5.56 Å². The molecule has 0 atom stereocenters. The number of aromatic amines is 1. The Balaban J connectivity index is 2.45. The minimum absolute atomic E-state index is 0.143. The molecule has 0 bridgehead atoms. The van der Waals surface area contributed by atoms with Crippen LogP contribution in [0.25, 0.3) is 21.7 Å². The molecule has 0 aliphatic heterocycles. The normalized spacial score (nSPS) is 10.7. The third-order valence-corrected chi connectivity index (χ3v) is 3.61. The summed E-state index contributed by atoms with van der Waals surface area (Å²) in [5, 5.41) is 2.80. The van der Waals surface area contributed by atoms with Crippen molar-refractivity contribution in [2.75, 3.05) is 0 Å². The molecule has 0 unspecified atom stereocenters. The molecule has 5 nitrogen and oxygen atoms in total. The van der Waals surface area contributed by atoms with Crippen molar-refractivity contribution in [1.82, 2.24) is 14.6 Å². The van der Waals surface area contributed by atoms with Crippen LogP contribution in [0.5, 0.6) is 0 Å². The van der Waals surface area contributed by atoms with Crippen molar-refractivity contribution in [2.24, 2.45) is 0 Å². The maximum absolute atomic E-state index is 12.6. The van der Waals surface area contributed by atoms with Crippen LogP contribution >= 0.6 is 0 Å². The molecule has 0 spiro atoms. The van der Waals surface area contributed by atoms with Gasteiger partial charge < -0.3 is 5.10 Å². The van der Waals surface area contributed by atoms with Gasteiger partial charge in [0.15, 0.2) is 5.65 Å². The number of benzene rings is 1. The first kappa shape index (κ1) is 13.1. The molecule has 5 heteroatoms. The van der Waals surface area contributed by atoms with E-state index < -0.39 is 0 Å². The molecule has 21 heavy (non-hydrogen) atoms. The summed E-state index contributed by atoms with van der Waals surface area (Å²) in [5.74, 6) is 0. The van der Waals surface area contributed by atoms with Crippen LogP contribution in [0, 0.1) is 13.5 Å². The summed E-state index contributed by atoms with van der Waals surface area (Å²) in [4.78, 5) is 20.6. The van der Waals surface area contributed by atoms with Gasteiger partial charge >= 0.3 is 0 Å². The van der Waals surface area contributed by atoms with Crippen LogP contribution in [-0.2, 0) is 6.42 Å². The van der Waals surface area contributed by atoms with Gasteiger partial charge in [-0.15, -0.1) is 0 Å². The Morgan fingerprint density at radius 1 is 1.38 bits per heavy atom. The van der Waals surface area contributed by atoms with Gasteiger partial charge in [0.1, 0.15) is 0 Å². The second kappa shape index (κ2) is 4.91. The topological polar surface area (TPSA) is 54.5 Å². The quantitative estimate of drug-likeness (QED) is 0.732. The van der Waals surface area contributed by atoms with E-state index in [0.29, 0.717) is 29.0 Å². The van der Waals surface area contributed by atoms with Gasteiger partial charge in [-0.1, -0.05) is 31.2 Å². The summed E-state index contributed by atoms with van der Waals surface area (Å²) >= 11 is 0. The Morgan fingerprint density at radius 2 is 2.14 bits per heavy atom. The minimum Gasteiger partial charge on any atom is -0.308 e. The van der Waals surface area contributed by atoms with Crippen LogP contribution in [0.3, 0.4) is 0 Å². The fourth-order valence-corrected chi connectivity index (χ4v) is 2.50. The monoisotopic (exact) mass is 278 g/mol. The molecule has 0 fully saturated rings. The van der Waals surface area contributed by atoms with Crippen LogP contribution in [0.2, 0.25) is 0 Å². The molecular formula is C16H14N4O. The number of nitrogens with one attached hydrogen (secondary N) is 1. The van der Waals surface area contributed by atoms with Gasteiger partial charge in [0.25, 0.3) is 5.56 Å². The molecule has 0 amide bonds. The smallest absolute Gasteiger partial charge is 0.275 e. The van der Waals surface area contributed by atoms with Crippen LogP contribution in [0.4, 0.5) is 5.69 Å². The van der Waals surface area contributed by atoms with Crippen molar-refractivity contribution < 1.29 is 0 Å². The lowest BCUT2D eigenvalue weighted by atomic mass is 10.0. The number of rotatable bonds is 2. The maximum atomic E-state index is 12.6. The van der Waals surface area contributed by atoms with E-state index in [1.54, 1.807) is 0 Å².